The van der Waals surface area contributed by atoms with Crippen LogP contribution in [-0.4, -0.2) is 57.2 Å². The molecule has 1 aliphatic carbocycles. The maximum Gasteiger partial charge on any atom is 0.328 e. The van der Waals surface area contributed by atoms with Crippen molar-refractivity contribution in [2.45, 2.75) is 56.3 Å². The minimum atomic E-state index is -0.595. The molecule has 6 nitrogen and oxygen atoms in total. The summed E-state index contributed by atoms with van der Waals surface area (Å²) in [5, 5.41) is 0. The van der Waals surface area contributed by atoms with Crippen LogP contribution in [0.2, 0.25) is 0 Å². The standard InChI is InChI=1S/C19H21N3O3/c23-17-16(10-11-20(17)13-6-7-13)22-18(24)15-9-8-14(21(15)19(22)25)12-4-2-1-3-5-12/h1-5,13-16H,6-11H2/t14-,15-,16-/m0/s1. The third-order valence-electron chi connectivity index (χ3n) is 6.03. The molecule has 3 atom stereocenters. The molecule has 130 valence electrons. The molecule has 0 N–H and O–H groups in total. The number of carbonyl (C=O) groups excluding carboxylic acids is 3. The fraction of sp³-hybridized carbons (Fsp3) is 0.526. The SMILES string of the molecule is O=C1[C@@H](N2C(=O)[C@@H]3CC[C@@H](c4ccccc4)N3C2=O)CCN1C1CC1. The molecule has 0 unspecified atom stereocenters. The summed E-state index contributed by atoms with van der Waals surface area (Å²) in [5.74, 6) is -0.221. The summed E-state index contributed by atoms with van der Waals surface area (Å²) in [6.45, 7) is 0.665. The average molecular weight is 339 g/mol. The lowest BCUT2D eigenvalue weighted by atomic mass is 10.0. The second-order valence-corrected chi connectivity index (χ2v) is 7.48. The van der Waals surface area contributed by atoms with E-state index in [0.29, 0.717) is 25.4 Å². The van der Waals surface area contributed by atoms with E-state index in [9.17, 15) is 14.4 Å². The van der Waals surface area contributed by atoms with Gasteiger partial charge in [-0.3, -0.25) is 9.59 Å². The number of fused-ring (bicyclic) bond motifs is 1. The van der Waals surface area contributed by atoms with Gasteiger partial charge in [-0.1, -0.05) is 30.3 Å². The number of urea groups is 1. The number of amides is 4. The van der Waals surface area contributed by atoms with Gasteiger partial charge in [0, 0.05) is 12.6 Å². The highest BCUT2D eigenvalue weighted by atomic mass is 16.2. The van der Waals surface area contributed by atoms with E-state index in [2.05, 4.69) is 0 Å². The maximum absolute atomic E-state index is 13.1. The molecule has 3 saturated heterocycles. The van der Waals surface area contributed by atoms with Crippen molar-refractivity contribution in [1.29, 1.82) is 0 Å². The zero-order valence-electron chi connectivity index (χ0n) is 14.0. The molecular formula is C19H21N3O3. The van der Waals surface area contributed by atoms with Crippen molar-refractivity contribution < 1.29 is 14.4 Å². The van der Waals surface area contributed by atoms with Gasteiger partial charge in [0.15, 0.2) is 0 Å². The van der Waals surface area contributed by atoms with E-state index in [0.717, 1.165) is 24.8 Å². The zero-order chi connectivity index (χ0) is 17.1. The highest BCUT2D eigenvalue weighted by Crippen LogP contribution is 2.43. The lowest BCUT2D eigenvalue weighted by molar-refractivity contribution is -0.138. The number of hydrogen-bond donors (Lipinski definition) is 0. The highest BCUT2D eigenvalue weighted by molar-refractivity contribution is 6.08. The summed E-state index contributed by atoms with van der Waals surface area (Å²) in [6, 6.07) is 8.86. The van der Waals surface area contributed by atoms with E-state index in [1.807, 2.05) is 35.2 Å². The molecule has 0 bridgehead atoms. The minimum absolute atomic E-state index is 0.0402. The first-order chi connectivity index (χ1) is 12.2. The molecule has 0 spiro atoms. The first-order valence-corrected chi connectivity index (χ1v) is 9.17. The molecule has 4 fully saturated rings. The van der Waals surface area contributed by atoms with Crippen LogP contribution in [0.25, 0.3) is 0 Å². The van der Waals surface area contributed by atoms with Crippen molar-refractivity contribution in [2.24, 2.45) is 0 Å². The van der Waals surface area contributed by atoms with Gasteiger partial charge in [0.25, 0.3) is 5.91 Å². The first kappa shape index (κ1) is 14.9. The molecule has 3 aliphatic heterocycles. The molecule has 5 rings (SSSR count). The second-order valence-electron chi connectivity index (χ2n) is 7.48. The van der Waals surface area contributed by atoms with Gasteiger partial charge in [-0.15, -0.1) is 0 Å². The predicted octanol–water partition coefficient (Wildman–Crippen LogP) is 1.92. The van der Waals surface area contributed by atoms with Crippen molar-refractivity contribution in [1.82, 2.24) is 14.7 Å². The van der Waals surface area contributed by atoms with Gasteiger partial charge < -0.3 is 9.80 Å². The summed E-state index contributed by atoms with van der Waals surface area (Å²) in [5.41, 5.74) is 1.06. The number of carbonyl (C=O) groups is 3. The van der Waals surface area contributed by atoms with Gasteiger partial charge in [-0.2, -0.15) is 0 Å². The van der Waals surface area contributed by atoms with E-state index in [4.69, 9.17) is 0 Å². The Hall–Kier alpha value is -2.37. The quantitative estimate of drug-likeness (QED) is 0.791. The third kappa shape index (κ3) is 2.12. The fourth-order valence-corrected chi connectivity index (χ4v) is 4.66. The Morgan fingerprint density at radius 3 is 2.20 bits per heavy atom. The summed E-state index contributed by atoms with van der Waals surface area (Å²) in [4.78, 5) is 43.5. The molecule has 1 aromatic rings. The van der Waals surface area contributed by atoms with E-state index < -0.39 is 12.1 Å². The Kier molecular flexibility index (Phi) is 3.17. The number of imide groups is 1. The van der Waals surface area contributed by atoms with Crippen molar-refractivity contribution in [3.05, 3.63) is 35.9 Å². The van der Waals surface area contributed by atoms with Crippen molar-refractivity contribution in [2.75, 3.05) is 6.54 Å². The second kappa shape index (κ2) is 5.31. The topological polar surface area (TPSA) is 60.9 Å². The van der Waals surface area contributed by atoms with Crippen molar-refractivity contribution in [3.63, 3.8) is 0 Å². The molecular weight excluding hydrogens is 318 g/mol. The van der Waals surface area contributed by atoms with Crippen LogP contribution < -0.4 is 0 Å². The van der Waals surface area contributed by atoms with Gasteiger partial charge in [-0.05, 0) is 37.7 Å². The fourth-order valence-electron chi connectivity index (χ4n) is 4.66. The summed E-state index contributed by atoms with van der Waals surface area (Å²) in [7, 11) is 0. The van der Waals surface area contributed by atoms with E-state index in [-0.39, 0.29) is 23.9 Å². The van der Waals surface area contributed by atoms with Crippen LogP contribution >= 0.6 is 0 Å². The number of rotatable bonds is 3. The van der Waals surface area contributed by atoms with Crippen LogP contribution in [0, 0.1) is 0 Å². The average Bonchev–Trinajstić information content (AvgIpc) is 3.18. The predicted molar refractivity (Wildman–Crippen MR) is 89.4 cm³/mol. The van der Waals surface area contributed by atoms with Gasteiger partial charge >= 0.3 is 6.03 Å². The summed E-state index contributed by atoms with van der Waals surface area (Å²) < 4.78 is 0. The van der Waals surface area contributed by atoms with Gasteiger partial charge in [0.2, 0.25) is 5.91 Å². The number of nitrogens with zero attached hydrogens (tertiary/aromatic N) is 3. The Bertz CT molecular complexity index is 746. The smallest absolute Gasteiger partial charge is 0.328 e. The number of hydrogen-bond acceptors (Lipinski definition) is 3. The van der Waals surface area contributed by atoms with E-state index in [1.54, 1.807) is 4.90 Å². The zero-order valence-corrected chi connectivity index (χ0v) is 14.0. The number of likely N-dealkylation sites (tertiary alicyclic amines) is 1. The van der Waals surface area contributed by atoms with Crippen LogP contribution in [0.3, 0.4) is 0 Å². The van der Waals surface area contributed by atoms with Crippen LogP contribution in [-0.2, 0) is 9.59 Å². The summed E-state index contributed by atoms with van der Waals surface area (Å²) >= 11 is 0. The molecule has 0 radical (unpaired) electrons. The Morgan fingerprint density at radius 1 is 0.760 bits per heavy atom. The monoisotopic (exact) mass is 339 g/mol. The lowest BCUT2D eigenvalue weighted by Crippen LogP contribution is -2.46. The Labute approximate surface area is 146 Å². The third-order valence-corrected chi connectivity index (χ3v) is 6.03. The largest absolute Gasteiger partial charge is 0.338 e. The molecule has 6 heteroatoms. The lowest BCUT2D eigenvalue weighted by Gasteiger charge is -2.26. The molecule has 1 saturated carbocycles. The molecule has 3 heterocycles. The summed E-state index contributed by atoms with van der Waals surface area (Å²) in [6.07, 6.45) is 4.14. The Balaban J connectivity index is 1.42. The Morgan fingerprint density at radius 2 is 1.48 bits per heavy atom. The number of benzene rings is 1. The molecule has 4 aliphatic rings. The van der Waals surface area contributed by atoms with Gasteiger partial charge in [0.05, 0.1) is 6.04 Å². The normalized spacial score (nSPS) is 32.1. The maximum atomic E-state index is 13.1. The van der Waals surface area contributed by atoms with Crippen LogP contribution in [0.5, 0.6) is 0 Å². The van der Waals surface area contributed by atoms with Gasteiger partial charge in [0.1, 0.15) is 12.1 Å². The molecule has 1 aromatic carbocycles. The first-order valence-electron chi connectivity index (χ1n) is 9.17. The van der Waals surface area contributed by atoms with Crippen molar-refractivity contribution in [3.8, 4) is 0 Å². The van der Waals surface area contributed by atoms with Crippen LogP contribution in [0.1, 0.15) is 43.7 Å². The van der Waals surface area contributed by atoms with Crippen molar-refractivity contribution >= 4 is 17.8 Å². The van der Waals surface area contributed by atoms with Crippen LogP contribution in [0.15, 0.2) is 30.3 Å². The molecule has 25 heavy (non-hydrogen) atoms. The van der Waals surface area contributed by atoms with Crippen LogP contribution in [0.4, 0.5) is 4.79 Å². The van der Waals surface area contributed by atoms with E-state index in [1.165, 1.54) is 4.90 Å². The molecule has 4 amide bonds. The highest BCUT2D eigenvalue weighted by Gasteiger charge is 2.57. The minimum Gasteiger partial charge on any atom is -0.338 e. The van der Waals surface area contributed by atoms with Gasteiger partial charge in [-0.25, -0.2) is 9.69 Å². The van der Waals surface area contributed by atoms with E-state index >= 15 is 0 Å². The molecule has 0 aromatic heterocycles.